The molecule has 0 radical (unpaired) electrons. The van der Waals surface area contributed by atoms with E-state index in [9.17, 15) is 0 Å². The Morgan fingerprint density at radius 1 is 1.38 bits per heavy atom. The van der Waals surface area contributed by atoms with Crippen molar-refractivity contribution in [1.82, 2.24) is 0 Å². The zero-order valence-corrected chi connectivity index (χ0v) is 9.74. The normalized spacial score (nSPS) is 14.5. The lowest BCUT2D eigenvalue weighted by molar-refractivity contribution is 0.331. The van der Waals surface area contributed by atoms with E-state index in [0.717, 1.165) is 6.42 Å². The molecule has 1 atom stereocenters. The first-order valence-corrected chi connectivity index (χ1v) is 5.61. The average molecular weight is 197 g/mol. The molecule has 2 N–H and O–H groups in total. The molecular weight excluding hydrogens is 178 g/mol. The molecule has 0 aliphatic heterocycles. The minimum Gasteiger partial charge on any atom is -0.323 e. The van der Waals surface area contributed by atoms with Crippen molar-refractivity contribution in [3.63, 3.8) is 0 Å². The van der Waals surface area contributed by atoms with Gasteiger partial charge < -0.3 is 5.73 Å². The van der Waals surface area contributed by atoms with Crippen LogP contribution in [0.15, 0.2) is 12.1 Å². The average Bonchev–Trinajstić information content (AvgIpc) is 2.48. The van der Waals surface area contributed by atoms with Crippen molar-refractivity contribution in [1.29, 1.82) is 0 Å². The summed E-state index contributed by atoms with van der Waals surface area (Å²) in [5.74, 6) is 0. The first-order valence-electron chi connectivity index (χ1n) is 4.79. The lowest BCUT2D eigenvalue weighted by atomic mass is 9.87. The second-order valence-electron chi connectivity index (χ2n) is 4.50. The fourth-order valence-corrected chi connectivity index (χ4v) is 2.38. The Bertz CT molecular complexity index is 270. The van der Waals surface area contributed by atoms with Crippen LogP contribution in [0.2, 0.25) is 0 Å². The van der Waals surface area contributed by atoms with Crippen LogP contribution >= 0.6 is 11.3 Å². The maximum atomic E-state index is 6.15. The van der Waals surface area contributed by atoms with Crippen LogP contribution in [0.3, 0.4) is 0 Å². The summed E-state index contributed by atoms with van der Waals surface area (Å²) in [6.45, 7) is 8.73. The second-order valence-corrected chi connectivity index (χ2v) is 5.70. The van der Waals surface area contributed by atoms with Crippen molar-refractivity contribution in [2.24, 2.45) is 11.1 Å². The highest BCUT2D eigenvalue weighted by Crippen LogP contribution is 2.34. The summed E-state index contributed by atoms with van der Waals surface area (Å²) in [5, 5.41) is 0. The third-order valence-electron chi connectivity index (χ3n) is 2.27. The standard InChI is InChI=1S/C11H19NS/c1-5-8-6-7-9(13-8)10(12)11(2,3)4/h6-7,10H,5,12H2,1-4H3/t10-/m0/s1. The fraction of sp³-hybridized carbons (Fsp3) is 0.636. The molecule has 74 valence electrons. The number of thiophene rings is 1. The zero-order chi connectivity index (χ0) is 10.1. The van der Waals surface area contributed by atoms with Gasteiger partial charge in [0.2, 0.25) is 0 Å². The van der Waals surface area contributed by atoms with E-state index in [0.29, 0.717) is 0 Å². The molecule has 1 rings (SSSR count). The van der Waals surface area contributed by atoms with E-state index >= 15 is 0 Å². The van der Waals surface area contributed by atoms with Crippen LogP contribution in [0.5, 0.6) is 0 Å². The quantitative estimate of drug-likeness (QED) is 0.773. The molecule has 13 heavy (non-hydrogen) atoms. The molecule has 2 heteroatoms. The second kappa shape index (κ2) is 3.81. The number of aryl methyl sites for hydroxylation is 1. The molecule has 0 aliphatic carbocycles. The minimum atomic E-state index is 0.163. The highest BCUT2D eigenvalue weighted by atomic mass is 32.1. The van der Waals surface area contributed by atoms with Crippen molar-refractivity contribution in [3.8, 4) is 0 Å². The Morgan fingerprint density at radius 2 is 2.00 bits per heavy atom. The van der Waals surface area contributed by atoms with Crippen LogP contribution in [0.4, 0.5) is 0 Å². The van der Waals surface area contributed by atoms with Crippen molar-refractivity contribution in [2.75, 3.05) is 0 Å². The van der Waals surface area contributed by atoms with Crippen molar-refractivity contribution in [2.45, 2.75) is 40.2 Å². The molecule has 0 aromatic carbocycles. The zero-order valence-electron chi connectivity index (χ0n) is 8.92. The summed E-state index contributed by atoms with van der Waals surface area (Å²) in [6.07, 6.45) is 1.11. The Kier molecular flexibility index (Phi) is 3.14. The first kappa shape index (κ1) is 10.7. The smallest absolute Gasteiger partial charge is 0.0439 e. The van der Waals surface area contributed by atoms with Gasteiger partial charge in [-0.15, -0.1) is 11.3 Å². The van der Waals surface area contributed by atoms with Crippen molar-refractivity contribution in [3.05, 3.63) is 21.9 Å². The summed E-state index contributed by atoms with van der Waals surface area (Å²) >= 11 is 1.84. The van der Waals surface area contributed by atoms with Crippen LogP contribution in [-0.2, 0) is 6.42 Å². The minimum absolute atomic E-state index is 0.163. The van der Waals surface area contributed by atoms with Gasteiger partial charge >= 0.3 is 0 Å². The van der Waals surface area contributed by atoms with E-state index in [1.807, 2.05) is 11.3 Å². The van der Waals surface area contributed by atoms with Gasteiger partial charge in [-0.05, 0) is 24.0 Å². The number of nitrogens with two attached hydrogens (primary N) is 1. The predicted molar refractivity (Wildman–Crippen MR) is 60.1 cm³/mol. The monoisotopic (exact) mass is 197 g/mol. The molecule has 0 amide bonds. The maximum Gasteiger partial charge on any atom is 0.0439 e. The third kappa shape index (κ3) is 2.55. The topological polar surface area (TPSA) is 26.0 Å². The molecule has 0 saturated carbocycles. The molecule has 0 saturated heterocycles. The molecular formula is C11H19NS. The highest BCUT2D eigenvalue weighted by Gasteiger charge is 2.23. The molecule has 1 aromatic heterocycles. The summed E-state index contributed by atoms with van der Waals surface area (Å²) in [7, 11) is 0. The van der Waals surface area contributed by atoms with Gasteiger partial charge in [-0.3, -0.25) is 0 Å². The SMILES string of the molecule is CCc1ccc([C@H](N)C(C)(C)C)s1. The Hall–Kier alpha value is -0.340. The van der Waals surface area contributed by atoms with Crippen LogP contribution in [0.25, 0.3) is 0 Å². The third-order valence-corrected chi connectivity index (χ3v) is 3.58. The number of hydrogen-bond acceptors (Lipinski definition) is 2. The molecule has 1 aromatic rings. The molecule has 0 bridgehead atoms. The summed E-state index contributed by atoms with van der Waals surface area (Å²) in [4.78, 5) is 2.74. The molecule has 1 nitrogen and oxygen atoms in total. The van der Waals surface area contributed by atoms with E-state index in [4.69, 9.17) is 5.73 Å². The van der Waals surface area contributed by atoms with Gasteiger partial charge in [0.05, 0.1) is 0 Å². The largest absolute Gasteiger partial charge is 0.323 e. The summed E-state index contributed by atoms with van der Waals surface area (Å²) in [5.41, 5.74) is 6.31. The first-order chi connectivity index (χ1) is 5.95. The number of rotatable bonds is 2. The highest BCUT2D eigenvalue weighted by molar-refractivity contribution is 7.12. The summed E-state index contributed by atoms with van der Waals surface area (Å²) < 4.78 is 0. The van der Waals surface area contributed by atoms with E-state index in [1.165, 1.54) is 9.75 Å². The number of hydrogen-bond donors (Lipinski definition) is 1. The van der Waals surface area contributed by atoms with Crippen molar-refractivity contribution >= 4 is 11.3 Å². The van der Waals surface area contributed by atoms with Gasteiger partial charge in [0, 0.05) is 15.8 Å². The Morgan fingerprint density at radius 3 is 2.38 bits per heavy atom. The molecule has 0 fully saturated rings. The van der Waals surface area contributed by atoms with Gasteiger partial charge in [-0.1, -0.05) is 27.7 Å². The van der Waals surface area contributed by atoms with Crippen molar-refractivity contribution < 1.29 is 0 Å². The van der Waals surface area contributed by atoms with Gasteiger partial charge in [-0.25, -0.2) is 0 Å². The lowest BCUT2D eigenvalue weighted by Gasteiger charge is -2.25. The van der Waals surface area contributed by atoms with Crippen LogP contribution in [0.1, 0.15) is 43.5 Å². The van der Waals surface area contributed by atoms with Gasteiger partial charge in [0.15, 0.2) is 0 Å². The maximum absolute atomic E-state index is 6.15. The summed E-state index contributed by atoms with van der Waals surface area (Å²) in [6, 6.07) is 4.52. The van der Waals surface area contributed by atoms with Gasteiger partial charge in [-0.2, -0.15) is 0 Å². The fourth-order valence-electron chi connectivity index (χ4n) is 1.18. The van der Waals surface area contributed by atoms with Gasteiger partial charge in [0.1, 0.15) is 0 Å². The Balaban J connectivity index is 2.83. The van der Waals surface area contributed by atoms with E-state index in [2.05, 4.69) is 39.8 Å². The van der Waals surface area contributed by atoms with E-state index in [-0.39, 0.29) is 11.5 Å². The predicted octanol–water partition coefficient (Wildman–Crippen LogP) is 3.36. The van der Waals surface area contributed by atoms with Crippen LogP contribution in [0, 0.1) is 5.41 Å². The molecule has 0 spiro atoms. The van der Waals surface area contributed by atoms with E-state index in [1.54, 1.807) is 0 Å². The van der Waals surface area contributed by atoms with Crippen LogP contribution < -0.4 is 5.73 Å². The van der Waals surface area contributed by atoms with E-state index < -0.39 is 0 Å². The van der Waals surface area contributed by atoms with Crippen LogP contribution in [-0.4, -0.2) is 0 Å². The Labute approximate surface area is 85.0 Å². The molecule has 0 unspecified atom stereocenters. The lowest BCUT2D eigenvalue weighted by Crippen LogP contribution is -2.25. The molecule has 1 heterocycles. The molecule has 0 aliphatic rings. The van der Waals surface area contributed by atoms with Gasteiger partial charge in [0.25, 0.3) is 0 Å².